The number of rotatable bonds is 2. The summed E-state index contributed by atoms with van der Waals surface area (Å²) in [6, 6.07) is 0.540. The molecule has 0 saturated carbocycles. The highest BCUT2D eigenvalue weighted by molar-refractivity contribution is 7.11. The lowest BCUT2D eigenvalue weighted by molar-refractivity contribution is 0.0295. The van der Waals surface area contributed by atoms with E-state index in [0.29, 0.717) is 11.5 Å². The highest BCUT2D eigenvalue weighted by atomic mass is 32.1. The van der Waals surface area contributed by atoms with Gasteiger partial charge in [0.2, 0.25) is 0 Å². The molecule has 4 heteroatoms. The third-order valence-electron chi connectivity index (χ3n) is 4.48. The van der Waals surface area contributed by atoms with Gasteiger partial charge in [-0.25, -0.2) is 4.98 Å². The molecule has 0 aliphatic carbocycles. The van der Waals surface area contributed by atoms with Crippen LogP contribution in [-0.4, -0.2) is 34.6 Å². The Morgan fingerprint density at radius 3 is 2.50 bits per heavy atom. The van der Waals surface area contributed by atoms with Gasteiger partial charge in [0.05, 0.1) is 12.2 Å². The molecule has 20 heavy (non-hydrogen) atoms. The van der Waals surface area contributed by atoms with Crippen LogP contribution in [-0.2, 0) is 6.54 Å². The first kappa shape index (κ1) is 15.9. The number of aryl methyl sites for hydroxylation is 2. The predicted octanol–water partition coefficient (Wildman–Crippen LogP) is 3.36. The second-order valence-electron chi connectivity index (χ2n) is 7.74. The smallest absolute Gasteiger partial charge is 0.107 e. The summed E-state index contributed by atoms with van der Waals surface area (Å²) >= 11 is 1.84. The van der Waals surface area contributed by atoms with E-state index in [9.17, 15) is 0 Å². The van der Waals surface area contributed by atoms with Crippen LogP contribution in [0.25, 0.3) is 0 Å². The summed E-state index contributed by atoms with van der Waals surface area (Å²) in [4.78, 5) is 8.66. The molecular formula is C16H29N3S. The number of thiazole rings is 1. The first-order valence-electron chi connectivity index (χ1n) is 7.51. The van der Waals surface area contributed by atoms with Crippen LogP contribution in [0.3, 0.4) is 0 Å². The highest BCUT2D eigenvalue weighted by Gasteiger charge is 2.38. The maximum atomic E-state index is 4.71. The predicted molar refractivity (Wildman–Crippen MR) is 87.3 cm³/mol. The molecule has 0 bridgehead atoms. The maximum absolute atomic E-state index is 4.71. The second kappa shape index (κ2) is 5.39. The molecular weight excluding hydrogens is 266 g/mol. The maximum Gasteiger partial charge on any atom is 0.107 e. The lowest BCUT2D eigenvalue weighted by atomic mass is 9.83. The zero-order chi connectivity index (χ0) is 15.1. The van der Waals surface area contributed by atoms with Gasteiger partial charge in [0.15, 0.2) is 0 Å². The lowest BCUT2D eigenvalue weighted by Gasteiger charge is -2.49. The van der Waals surface area contributed by atoms with Crippen molar-refractivity contribution in [2.24, 2.45) is 5.41 Å². The SMILES string of the molecule is Cc1nc(CN2CC(C(C)(C)C)NCC2(C)C)sc1C. The van der Waals surface area contributed by atoms with Crippen LogP contribution in [0.5, 0.6) is 0 Å². The monoisotopic (exact) mass is 295 g/mol. The van der Waals surface area contributed by atoms with Gasteiger partial charge in [-0.15, -0.1) is 11.3 Å². The van der Waals surface area contributed by atoms with E-state index < -0.39 is 0 Å². The van der Waals surface area contributed by atoms with Crippen LogP contribution in [0, 0.1) is 19.3 Å². The third kappa shape index (κ3) is 3.41. The van der Waals surface area contributed by atoms with Crippen molar-refractivity contribution in [2.75, 3.05) is 13.1 Å². The summed E-state index contributed by atoms with van der Waals surface area (Å²) in [5.41, 5.74) is 1.67. The Labute approximate surface area is 127 Å². The third-order valence-corrected chi connectivity index (χ3v) is 5.54. The second-order valence-corrected chi connectivity index (χ2v) is 9.03. The summed E-state index contributed by atoms with van der Waals surface area (Å²) in [5.74, 6) is 0. The van der Waals surface area contributed by atoms with E-state index in [1.165, 1.54) is 15.6 Å². The average molecular weight is 295 g/mol. The van der Waals surface area contributed by atoms with Crippen LogP contribution in [0.1, 0.15) is 50.2 Å². The standard InChI is InChI=1S/C16H29N3S/c1-11-12(2)20-14(18-11)9-19-8-13(15(3,4)5)17-10-16(19,6)7/h13,17H,8-10H2,1-7H3. The average Bonchev–Trinajstić information content (AvgIpc) is 2.59. The minimum absolute atomic E-state index is 0.190. The molecule has 1 aromatic heterocycles. The van der Waals surface area contributed by atoms with E-state index >= 15 is 0 Å². The molecule has 0 aromatic carbocycles. The zero-order valence-corrected chi connectivity index (χ0v) is 14.8. The fourth-order valence-corrected chi connectivity index (χ4v) is 3.60. The van der Waals surface area contributed by atoms with Crippen molar-refractivity contribution in [1.29, 1.82) is 0 Å². The van der Waals surface area contributed by atoms with Gasteiger partial charge >= 0.3 is 0 Å². The molecule has 1 aliphatic rings. The van der Waals surface area contributed by atoms with Gasteiger partial charge in [0.1, 0.15) is 5.01 Å². The Hall–Kier alpha value is -0.450. The minimum atomic E-state index is 0.190. The fourth-order valence-electron chi connectivity index (χ4n) is 2.65. The van der Waals surface area contributed by atoms with E-state index in [0.717, 1.165) is 19.6 Å². The molecule has 1 saturated heterocycles. The molecule has 1 N–H and O–H groups in total. The molecule has 1 fully saturated rings. The first-order chi connectivity index (χ1) is 9.09. The molecule has 0 amide bonds. The van der Waals surface area contributed by atoms with Crippen molar-refractivity contribution in [1.82, 2.24) is 15.2 Å². The molecule has 1 aliphatic heterocycles. The number of hydrogen-bond donors (Lipinski definition) is 1. The zero-order valence-electron chi connectivity index (χ0n) is 14.0. The van der Waals surface area contributed by atoms with Gasteiger partial charge < -0.3 is 5.32 Å². The Kier molecular flexibility index (Phi) is 4.30. The van der Waals surface area contributed by atoms with Crippen molar-refractivity contribution in [3.8, 4) is 0 Å². The quantitative estimate of drug-likeness (QED) is 0.907. The summed E-state index contributed by atoms with van der Waals surface area (Å²) < 4.78 is 0. The summed E-state index contributed by atoms with van der Waals surface area (Å²) in [6.07, 6.45) is 0. The van der Waals surface area contributed by atoms with Crippen molar-refractivity contribution in [3.05, 3.63) is 15.6 Å². The molecule has 1 atom stereocenters. The van der Waals surface area contributed by atoms with Gasteiger partial charge in [-0.1, -0.05) is 20.8 Å². The van der Waals surface area contributed by atoms with Crippen molar-refractivity contribution in [2.45, 2.75) is 66.6 Å². The van der Waals surface area contributed by atoms with Gasteiger partial charge in [-0.05, 0) is 33.1 Å². The van der Waals surface area contributed by atoms with Crippen LogP contribution in [0.15, 0.2) is 0 Å². The number of aromatic nitrogens is 1. The number of nitrogens with one attached hydrogen (secondary N) is 1. The van der Waals surface area contributed by atoms with Gasteiger partial charge in [-0.2, -0.15) is 0 Å². The molecule has 1 aromatic rings. The largest absolute Gasteiger partial charge is 0.310 e. The van der Waals surface area contributed by atoms with E-state index in [1.54, 1.807) is 0 Å². The van der Waals surface area contributed by atoms with E-state index in [4.69, 9.17) is 4.98 Å². The number of nitrogens with zero attached hydrogens (tertiary/aromatic N) is 2. The van der Waals surface area contributed by atoms with Crippen LogP contribution >= 0.6 is 11.3 Å². The minimum Gasteiger partial charge on any atom is -0.310 e. The van der Waals surface area contributed by atoms with E-state index in [-0.39, 0.29) is 5.54 Å². The lowest BCUT2D eigenvalue weighted by Crippen LogP contribution is -2.64. The Bertz CT molecular complexity index is 451. The Balaban J connectivity index is 2.14. The fraction of sp³-hybridized carbons (Fsp3) is 0.812. The van der Waals surface area contributed by atoms with Crippen LogP contribution in [0.2, 0.25) is 0 Å². The van der Waals surface area contributed by atoms with Gasteiger partial charge in [0, 0.05) is 29.5 Å². The summed E-state index contributed by atoms with van der Waals surface area (Å²) in [6.45, 7) is 19.0. The molecule has 0 radical (unpaired) electrons. The normalized spacial score (nSPS) is 24.1. The highest BCUT2D eigenvalue weighted by Crippen LogP contribution is 2.29. The van der Waals surface area contributed by atoms with Crippen molar-refractivity contribution >= 4 is 11.3 Å². The van der Waals surface area contributed by atoms with Crippen molar-refractivity contribution < 1.29 is 0 Å². The van der Waals surface area contributed by atoms with Crippen LogP contribution in [0.4, 0.5) is 0 Å². The van der Waals surface area contributed by atoms with Crippen molar-refractivity contribution in [3.63, 3.8) is 0 Å². The Morgan fingerprint density at radius 2 is 2.00 bits per heavy atom. The number of piperazine rings is 1. The molecule has 1 unspecified atom stereocenters. The van der Waals surface area contributed by atoms with Gasteiger partial charge in [-0.3, -0.25) is 4.90 Å². The van der Waals surface area contributed by atoms with E-state index in [2.05, 4.69) is 58.7 Å². The summed E-state index contributed by atoms with van der Waals surface area (Å²) in [5, 5.41) is 4.98. The van der Waals surface area contributed by atoms with E-state index in [1.807, 2.05) is 11.3 Å². The molecule has 2 heterocycles. The molecule has 3 nitrogen and oxygen atoms in total. The summed E-state index contributed by atoms with van der Waals surface area (Å²) in [7, 11) is 0. The first-order valence-corrected chi connectivity index (χ1v) is 8.32. The van der Waals surface area contributed by atoms with Crippen LogP contribution < -0.4 is 5.32 Å². The topological polar surface area (TPSA) is 28.2 Å². The molecule has 2 rings (SSSR count). The number of hydrogen-bond acceptors (Lipinski definition) is 4. The molecule has 114 valence electrons. The van der Waals surface area contributed by atoms with Gasteiger partial charge in [0.25, 0.3) is 0 Å². The Morgan fingerprint density at radius 1 is 1.35 bits per heavy atom. The molecule has 0 spiro atoms.